The normalized spacial score (nSPS) is 17.4. The van der Waals surface area contributed by atoms with E-state index in [1.54, 1.807) is 11.3 Å². The van der Waals surface area contributed by atoms with Crippen LogP contribution in [0.4, 0.5) is 0 Å². The predicted octanol–water partition coefficient (Wildman–Crippen LogP) is 4.38. The van der Waals surface area contributed by atoms with Gasteiger partial charge >= 0.3 is 0 Å². The number of halogens is 1. The molecule has 3 heterocycles. The third-order valence-electron chi connectivity index (χ3n) is 3.79. The van der Waals surface area contributed by atoms with E-state index in [-0.39, 0.29) is 6.04 Å². The van der Waals surface area contributed by atoms with Gasteiger partial charge in [-0.3, -0.25) is 0 Å². The van der Waals surface area contributed by atoms with Crippen molar-refractivity contribution < 1.29 is 0 Å². The standard InChI is InChI=1S/C16H13ClN2S/c17-13-3-1-4-14-12(13)9-18-16(11-6-8-20-10-11)15-5-2-7-19(14)15/h1-8,10,16,18H,9H2. The highest BCUT2D eigenvalue weighted by molar-refractivity contribution is 7.08. The lowest BCUT2D eigenvalue weighted by Gasteiger charge is -2.16. The van der Waals surface area contributed by atoms with Crippen molar-refractivity contribution in [3.8, 4) is 5.69 Å². The van der Waals surface area contributed by atoms with Crippen molar-refractivity contribution in [2.24, 2.45) is 0 Å². The molecule has 0 spiro atoms. The molecule has 0 saturated heterocycles. The molecule has 0 amide bonds. The Kier molecular flexibility index (Phi) is 2.91. The molecular formula is C16H13ClN2S. The Balaban J connectivity index is 1.92. The van der Waals surface area contributed by atoms with Crippen molar-refractivity contribution in [3.05, 3.63) is 75.2 Å². The van der Waals surface area contributed by atoms with E-state index in [1.165, 1.54) is 16.9 Å². The summed E-state index contributed by atoms with van der Waals surface area (Å²) in [7, 11) is 0. The second-order valence-electron chi connectivity index (χ2n) is 4.91. The molecule has 3 aromatic rings. The Morgan fingerprint density at radius 2 is 2.15 bits per heavy atom. The zero-order valence-corrected chi connectivity index (χ0v) is 12.3. The number of nitrogens with zero attached hydrogens (tertiary/aromatic N) is 1. The summed E-state index contributed by atoms with van der Waals surface area (Å²) in [5.74, 6) is 0. The Labute approximate surface area is 126 Å². The van der Waals surface area contributed by atoms with Crippen molar-refractivity contribution in [2.75, 3.05) is 0 Å². The lowest BCUT2D eigenvalue weighted by molar-refractivity contribution is 0.602. The molecule has 0 aliphatic carbocycles. The summed E-state index contributed by atoms with van der Waals surface area (Å²) in [6.45, 7) is 0.775. The largest absolute Gasteiger partial charge is 0.319 e. The molecule has 1 atom stereocenters. The molecule has 4 heteroatoms. The lowest BCUT2D eigenvalue weighted by Crippen LogP contribution is -2.20. The molecule has 0 radical (unpaired) electrons. The predicted molar refractivity (Wildman–Crippen MR) is 83.8 cm³/mol. The third kappa shape index (κ3) is 1.82. The van der Waals surface area contributed by atoms with E-state index in [1.807, 2.05) is 12.1 Å². The third-order valence-corrected chi connectivity index (χ3v) is 4.84. The molecule has 1 aliphatic heterocycles. The number of hydrogen-bond acceptors (Lipinski definition) is 2. The van der Waals surface area contributed by atoms with Gasteiger partial charge in [-0.2, -0.15) is 11.3 Å². The van der Waals surface area contributed by atoms with Crippen LogP contribution in [0, 0.1) is 0 Å². The molecule has 2 nitrogen and oxygen atoms in total. The maximum atomic E-state index is 6.37. The fourth-order valence-corrected chi connectivity index (χ4v) is 3.76. The average molecular weight is 301 g/mol. The van der Waals surface area contributed by atoms with E-state index < -0.39 is 0 Å². The molecule has 20 heavy (non-hydrogen) atoms. The highest BCUT2D eigenvalue weighted by Crippen LogP contribution is 2.33. The summed E-state index contributed by atoms with van der Waals surface area (Å²) < 4.78 is 2.24. The van der Waals surface area contributed by atoms with Crippen molar-refractivity contribution >= 4 is 22.9 Å². The van der Waals surface area contributed by atoms with Gasteiger partial charge in [-0.1, -0.05) is 17.7 Å². The van der Waals surface area contributed by atoms with Crippen LogP contribution < -0.4 is 5.32 Å². The molecule has 100 valence electrons. The van der Waals surface area contributed by atoms with Crippen molar-refractivity contribution in [2.45, 2.75) is 12.6 Å². The minimum atomic E-state index is 0.208. The van der Waals surface area contributed by atoms with Gasteiger partial charge in [-0.25, -0.2) is 0 Å². The quantitative estimate of drug-likeness (QED) is 0.705. The van der Waals surface area contributed by atoms with Crippen molar-refractivity contribution in [1.29, 1.82) is 0 Å². The number of aromatic nitrogens is 1. The van der Waals surface area contributed by atoms with Crippen molar-refractivity contribution in [3.63, 3.8) is 0 Å². The molecule has 1 aromatic carbocycles. The number of fused-ring (bicyclic) bond motifs is 3. The van der Waals surface area contributed by atoms with Crippen molar-refractivity contribution in [1.82, 2.24) is 9.88 Å². The van der Waals surface area contributed by atoms with Gasteiger partial charge in [0.1, 0.15) is 0 Å². The maximum absolute atomic E-state index is 6.37. The fraction of sp³-hybridized carbons (Fsp3) is 0.125. The first-order valence-corrected chi connectivity index (χ1v) is 7.87. The molecule has 0 fully saturated rings. The van der Waals surface area contributed by atoms with Gasteiger partial charge in [-0.05, 0) is 46.7 Å². The van der Waals surface area contributed by atoms with E-state index in [0.29, 0.717) is 0 Å². The first-order valence-electron chi connectivity index (χ1n) is 6.55. The topological polar surface area (TPSA) is 17.0 Å². The summed E-state index contributed by atoms with van der Waals surface area (Å²) >= 11 is 8.10. The van der Waals surface area contributed by atoms with Gasteiger partial charge in [0.2, 0.25) is 0 Å². The van der Waals surface area contributed by atoms with Crippen LogP contribution in [0.5, 0.6) is 0 Å². The molecule has 1 N–H and O–H groups in total. The van der Waals surface area contributed by atoms with Gasteiger partial charge in [-0.15, -0.1) is 0 Å². The Morgan fingerprint density at radius 3 is 3.00 bits per heavy atom. The summed E-state index contributed by atoms with van der Waals surface area (Å²) in [6.07, 6.45) is 2.11. The van der Waals surface area contributed by atoms with Gasteiger partial charge in [0, 0.05) is 29.0 Å². The van der Waals surface area contributed by atoms with Gasteiger partial charge < -0.3 is 9.88 Å². The van der Waals surface area contributed by atoms with E-state index in [2.05, 4.69) is 51.1 Å². The second-order valence-corrected chi connectivity index (χ2v) is 6.10. The zero-order chi connectivity index (χ0) is 13.5. The number of thiophene rings is 1. The number of nitrogens with one attached hydrogen (secondary N) is 1. The van der Waals surface area contributed by atoms with Crippen LogP contribution >= 0.6 is 22.9 Å². The first kappa shape index (κ1) is 12.2. The fourth-order valence-electron chi connectivity index (χ4n) is 2.83. The molecule has 0 saturated carbocycles. The number of rotatable bonds is 1. The van der Waals surface area contributed by atoms with Crippen LogP contribution in [-0.2, 0) is 6.54 Å². The van der Waals surface area contributed by atoms with Crippen LogP contribution in [0.1, 0.15) is 22.9 Å². The molecule has 1 aliphatic rings. The zero-order valence-electron chi connectivity index (χ0n) is 10.7. The minimum Gasteiger partial charge on any atom is -0.319 e. The molecular weight excluding hydrogens is 288 g/mol. The monoisotopic (exact) mass is 300 g/mol. The molecule has 0 bridgehead atoms. The van der Waals surface area contributed by atoms with Gasteiger partial charge in [0.25, 0.3) is 0 Å². The Bertz CT molecular complexity index is 746. The lowest BCUT2D eigenvalue weighted by atomic mass is 10.1. The van der Waals surface area contributed by atoms with Crippen LogP contribution in [-0.4, -0.2) is 4.57 Å². The number of hydrogen-bond donors (Lipinski definition) is 1. The van der Waals surface area contributed by atoms with E-state index in [9.17, 15) is 0 Å². The van der Waals surface area contributed by atoms with Crippen LogP contribution in [0.2, 0.25) is 5.02 Å². The van der Waals surface area contributed by atoms with Gasteiger partial charge in [0.15, 0.2) is 0 Å². The second kappa shape index (κ2) is 4.77. The van der Waals surface area contributed by atoms with Crippen LogP contribution in [0.15, 0.2) is 53.4 Å². The van der Waals surface area contributed by atoms with Gasteiger partial charge in [0.05, 0.1) is 11.7 Å². The molecule has 4 rings (SSSR count). The highest BCUT2D eigenvalue weighted by atomic mass is 35.5. The SMILES string of the molecule is Clc1cccc2c1CNC(c1ccsc1)c1cccn1-2. The summed E-state index contributed by atoms with van der Waals surface area (Å²) in [5, 5.41) is 8.77. The van der Waals surface area contributed by atoms with Crippen LogP contribution in [0.25, 0.3) is 5.69 Å². The first-order chi connectivity index (χ1) is 9.84. The Hall–Kier alpha value is -1.55. The molecule has 1 unspecified atom stereocenters. The maximum Gasteiger partial charge on any atom is 0.0745 e. The summed E-state index contributed by atoms with van der Waals surface area (Å²) in [4.78, 5) is 0. The highest BCUT2D eigenvalue weighted by Gasteiger charge is 2.23. The van der Waals surface area contributed by atoms with Crippen LogP contribution in [0.3, 0.4) is 0 Å². The minimum absolute atomic E-state index is 0.208. The number of benzene rings is 1. The molecule has 2 aromatic heterocycles. The summed E-state index contributed by atoms with van der Waals surface area (Å²) in [6, 6.07) is 12.7. The van der Waals surface area contributed by atoms with E-state index >= 15 is 0 Å². The van der Waals surface area contributed by atoms with E-state index in [0.717, 1.165) is 17.1 Å². The van der Waals surface area contributed by atoms with E-state index in [4.69, 9.17) is 11.6 Å². The average Bonchev–Trinajstić information content (AvgIpc) is 3.11. The summed E-state index contributed by atoms with van der Waals surface area (Å²) in [5.41, 5.74) is 4.88. The smallest absolute Gasteiger partial charge is 0.0745 e. The Morgan fingerprint density at radius 1 is 1.20 bits per heavy atom.